The van der Waals surface area contributed by atoms with Gasteiger partial charge in [-0.05, 0) is 45.7 Å². The Hall–Kier alpha value is -0.120. The predicted octanol–water partition coefficient (Wildman–Crippen LogP) is 1.47. The van der Waals surface area contributed by atoms with Crippen LogP contribution in [0.2, 0.25) is 0 Å². The van der Waals surface area contributed by atoms with Gasteiger partial charge in [-0.3, -0.25) is 4.90 Å². The van der Waals surface area contributed by atoms with Crippen molar-refractivity contribution in [2.24, 2.45) is 5.92 Å². The summed E-state index contributed by atoms with van der Waals surface area (Å²) in [7, 11) is 0. The molecule has 0 aromatic heterocycles. The van der Waals surface area contributed by atoms with Crippen molar-refractivity contribution in [3.8, 4) is 0 Å². The Morgan fingerprint density at radius 1 is 1.44 bits per heavy atom. The van der Waals surface area contributed by atoms with Gasteiger partial charge in [-0.1, -0.05) is 13.8 Å². The molecule has 3 heteroatoms. The van der Waals surface area contributed by atoms with E-state index in [4.69, 9.17) is 0 Å². The molecule has 1 aliphatic heterocycles. The summed E-state index contributed by atoms with van der Waals surface area (Å²) in [5.74, 6) is 0.728. The van der Waals surface area contributed by atoms with Gasteiger partial charge in [0.25, 0.3) is 0 Å². The molecule has 1 aliphatic rings. The highest BCUT2D eigenvalue weighted by atomic mass is 16.3. The molecule has 0 saturated carbocycles. The fourth-order valence-electron chi connectivity index (χ4n) is 2.46. The molecule has 0 aromatic rings. The van der Waals surface area contributed by atoms with Gasteiger partial charge >= 0.3 is 0 Å². The highest BCUT2D eigenvalue weighted by molar-refractivity contribution is 4.91. The lowest BCUT2D eigenvalue weighted by Gasteiger charge is -2.41. The van der Waals surface area contributed by atoms with Crippen molar-refractivity contribution < 1.29 is 5.11 Å². The maximum atomic E-state index is 9.50. The van der Waals surface area contributed by atoms with E-state index in [-0.39, 0.29) is 18.2 Å². The van der Waals surface area contributed by atoms with Crippen molar-refractivity contribution in [1.29, 1.82) is 0 Å². The van der Waals surface area contributed by atoms with E-state index >= 15 is 0 Å². The first-order valence-electron chi connectivity index (χ1n) is 6.55. The van der Waals surface area contributed by atoms with Crippen molar-refractivity contribution in [2.75, 3.05) is 26.2 Å². The second-order valence-corrected chi connectivity index (χ2v) is 5.98. The summed E-state index contributed by atoms with van der Waals surface area (Å²) in [5, 5.41) is 12.9. The summed E-state index contributed by atoms with van der Waals surface area (Å²) < 4.78 is 0. The van der Waals surface area contributed by atoms with E-state index in [0.717, 1.165) is 32.0 Å². The Morgan fingerprint density at radius 3 is 2.69 bits per heavy atom. The minimum absolute atomic E-state index is 0.200. The van der Waals surface area contributed by atoms with Gasteiger partial charge in [-0.15, -0.1) is 0 Å². The molecule has 0 aromatic carbocycles. The summed E-state index contributed by atoms with van der Waals surface area (Å²) in [5.41, 5.74) is 0.200. The summed E-state index contributed by atoms with van der Waals surface area (Å²) in [4.78, 5) is 2.49. The van der Waals surface area contributed by atoms with E-state index < -0.39 is 0 Å². The van der Waals surface area contributed by atoms with E-state index in [1.165, 1.54) is 6.42 Å². The molecule has 0 spiro atoms. The number of aliphatic hydroxyl groups excluding tert-OH is 1. The predicted molar refractivity (Wildman–Crippen MR) is 68.6 cm³/mol. The van der Waals surface area contributed by atoms with Crippen molar-refractivity contribution in [1.82, 2.24) is 10.2 Å². The van der Waals surface area contributed by atoms with E-state index in [9.17, 15) is 5.11 Å². The third kappa shape index (κ3) is 3.72. The average molecular weight is 228 g/mol. The zero-order valence-corrected chi connectivity index (χ0v) is 11.3. The van der Waals surface area contributed by atoms with Crippen LogP contribution in [0, 0.1) is 5.92 Å². The molecule has 0 amide bonds. The van der Waals surface area contributed by atoms with Gasteiger partial charge in [0, 0.05) is 18.1 Å². The quantitative estimate of drug-likeness (QED) is 0.765. The Bertz CT molecular complexity index is 204. The maximum Gasteiger partial charge on any atom is 0.0599 e. The van der Waals surface area contributed by atoms with Crippen LogP contribution in [0.3, 0.4) is 0 Å². The minimum Gasteiger partial charge on any atom is -0.395 e. The van der Waals surface area contributed by atoms with Crippen molar-refractivity contribution >= 4 is 0 Å². The van der Waals surface area contributed by atoms with Gasteiger partial charge in [0.2, 0.25) is 0 Å². The Kier molecular flexibility index (Phi) is 5.22. The van der Waals surface area contributed by atoms with Crippen LogP contribution in [0.15, 0.2) is 0 Å². The zero-order valence-electron chi connectivity index (χ0n) is 11.3. The van der Waals surface area contributed by atoms with Crippen molar-refractivity contribution in [2.45, 2.75) is 52.1 Å². The number of nitrogens with one attached hydrogen (secondary N) is 1. The summed E-state index contributed by atoms with van der Waals surface area (Å²) in [6.07, 6.45) is 2.36. The monoisotopic (exact) mass is 228 g/mol. The molecule has 1 heterocycles. The normalized spacial score (nSPS) is 27.0. The van der Waals surface area contributed by atoms with Gasteiger partial charge in [-0.2, -0.15) is 0 Å². The molecular weight excluding hydrogens is 200 g/mol. The van der Waals surface area contributed by atoms with E-state index in [2.05, 4.69) is 37.9 Å². The van der Waals surface area contributed by atoms with Gasteiger partial charge < -0.3 is 10.4 Å². The minimum atomic E-state index is 0.200. The second kappa shape index (κ2) is 5.99. The third-order valence-corrected chi connectivity index (χ3v) is 3.67. The largest absolute Gasteiger partial charge is 0.395 e. The summed E-state index contributed by atoms with van der Waals surface area (Å²) >= 11 is 0. The summed E-state index contributed by atoms with van der Waals surface area (Å²) in [6, 6.07) is 0.274. The molecule has 1 rings (SSSR count). The molecule has 3 nitrogen and oxygen atoms in total. The smallest absolute Gasteiger partial charge is 0.0599 e. The van der Waals surface area contributed by atoms with Crippen LogP contribution in [0.1, 0.15) is 40.5 Å². The zero-order chi connectivity index (χ0) is 12.2. The lowest BCUT2D eigenvalue weighted by molar-refractivity contribution is 0.0415. The van der Waals surface area contributed by atoms with Gasteiger partial charge in [-0.25, -0.2) is 0 Å². The van der Waals surface area contributed by atoms with Crippen molar-refractivity contribution in [3.05, 3.63) is 0 Å². The number of hydrogen-bond acceptors (Lipinski definition) is 3. The lowest BCUT2D eigenvalue weighted by Crippen LogP contribution is -2.52. The number of nitrogens with zero attached hydrogens (tertiary/aromatic N) is 1. The van der Waals surface area contributed by atoms with E-state index in [1.807, 2.05) is 0 Å². The highest BCUT2D eigenvalue weighted by Gasteiger charge is 2.33. The molecule has 0 radical (unpaired) electrons. The molecule has 1 fully saturated rings. The first-order valence-corrected chi connectivity index (χ1v) is 6.55. The van der Waals surface area contributed by atoms with Gasteiger partial charge in [0.15, 0.2) is 0 Å². The molecule has 0 bridgehead atoms. The van der Waals surface area contributed by atoms with Crippen LogP contribution < -0.4 is 5.32 Å². The Balaban J connectivity index is 2.68. The Morgan fingerprint density at radius 2 is 2.12 bits per heavy atom. The first-order chi connectivity index (χ1) is 7.47. The van der Waals surface area contributed by atoms with Crippen molar-refractivity contribution in [3.63, 3.8) is 0 Å². The highest BCUT2D eigenvalue weighted by Crippen LogP contribution is 2.24. The van der Waals surface area contributed by atoms with Crippen LogP contribution >= 0.6 is 0 Å². The van der Waals surface area contributed by atoms with Crippen LogP contribution in [-0.4, -0.2) is 47.8 Å². The Labute approximate surface area is 100 Å². The summed E-state index contributed by atoms with van der Waals surface area (Å²) in [6.45, 7) is 12.4. The molecule has 1 saturated heterocycles. The maximum absolute atomic E-state index is 9.50. The SMILES string of the molecule is CC(C)CCN1C(CO)CNCCC1(C)C. The first kappa shape index (κ1) is 13.9. The fraction of sp³-hybridized carbons (Fsp3) is 1.00. The van der Waals surface area contributed by atoms with Crippen LogP contribution in [0.5, 0.6) is 0 Å². The third-order valence-electron chi connectivity index (χ3n) is 3.67. The topological polar surface area (TPSA) is 35.5 Å². The molecule has 1 unspecified atom stereocenters. The van der Waals surface area contributed by atoms with Crippen LogP contribution in [0.4, 0.5) is 0 Å². The average Bonchev–Trinajstić information content (AvgIpc) is 2.33. The number of hydrogen-bond donors (Lipinski definition) is 2. The second-order valence-electron chi connectivity index (χ2n) is 5.98. The van der Waals surface area contributed by atoms with Gasteiger partial charge in [0.05, 0.1) is 6.61 Å². The van der Waals surface area contributed by atoms with Crippen LogP contribution in [0.25, 0.3) is 0 Å². The van der Waals surface area contributed by atoms with Gasteiger partial charge in [0.1, 0.15) is 0 Å². The van der Waals surface area contributed by atoms with E-state index in [1.54, 1.807) is 0 Å². The lowest BCUT2D eigenvalue weighted by atomic mass is 9.95. The number of aliphatic hydroxyl groups is 1. The standard InChI is InChI=1S/C13H28N2O/c1-11(2)5-8-15-12(10-16)9-14-7-6-13(15,3)4/h11-12,14,16H,5-10H2,1-4H3. The van der Waals surface area contributed by atoms with E-state index in [0.29, 0.717) is 0 Å². The molecule has 0 aliphatic carbocycles. The molecule has 1 atom stereocenters. The molecule has 2 N–H and O–H groups in total. The molecule has 96 valence electrons. The van der Waals surface area contributed by atoms with Crippen LogP contribution in [-0.2, 0) is 0 Å². The molecule has 16 heavy (non-hydrogen) atoms. The number of rotatable bonds is 4. The molecular formula is C13H28N2O. The fourth-order valence-corrected chi connectivity index (χ4v) is 2.46.